The fourth-order valence-electron chi connectivity index (χ4n) is 2.23. The van der Waals surface area contributed by atoms with Crippen LogP contribution in [-0.4, -0.2) is 6.04 Å². The Morgan fingerprint density at radius 2 is 1.93 bits per heavy atom. The summed E-state index contributed by atoms with van der Waals surface area (Å²) in [6, 6.07) is 7.06. The van der Waals surface area contributed by atoms with Crippen molar-refractivity contribution in [3.63, 3.8) is 0 Å². The van der Waals surface area contributed by atoms with Crippen molar-refractivity contribution in [2.45, 2.75) is 45.1 Å². The first-order valence-electron chi connectivity index (χ1n) is 5.79. The van der Waals surface area contributed by atoms with Gasteiger partial charge in [0.05, 0.1) is 0 Å². The fraction of sp³-hybridized carbons (Fsp3) is 0.538. The molecule has 1 aliphatic rings. The van der Waals surface area contributed by atoms with Crippen molar-refractivity contribution in [2.75, 3.05) is 5.32 Å². The molecule has 2 heteroatoms. The molecule has 0 bridgehead atoms. The monoisotopic (exact) mass is 267 g/mol. The van der Waals surface area contributed by atoms with Crippen LogP contribution in [0.1, 0.15) is 37.7 Å². The van der Waals surface area contributed by atoms with Crippen molar-refractivity contribution in [3.05, 3.63) is 28.2 Å². The van der Waals surface area contributed by atoms with E-state index < -0.39 is 0 Å². The van der Waals surface area contributed by atoms with E-state index in [2.05, 4.69) is 46.4 Å². The maximum atomic E-state index is 3.66. The van der Waals surface area contributed by atoms with Gasteiger partial charge in [0.1, 0.15) is 0 Å². The molecule has 0 aromatic heterocycles. The van der Waals surface area contributed by atoms with E-state index in [-0.39, 0.29) is 0 Å². The summed E-state index contributed by atoms with van der Waals surface area (Å²) < 4.78 is 1.20. The molecule has 0 amide bonds. The van der Waals surface area contributed by atoms with Crippen LogP contribution in [0.5, 0.6) is 0 Å². The summed E-state index contributed by atoms with van der Waals surface area (Å²) in [5, 5.41) is 3.66. The zero-order valence-electron chi connectivity index (χ0n) is 9.22. The van der Waals surface area contributed by atoms with E-state index in [1.165, 1.54) is 47.8 Å². The van der Waals surface area contributed by atoms with Gasteiger partial charge in [-0.2, -0.15) is 0 Å². The van der Waals surface area contributed by atoms with E-state index in [9.17, 15) is 0 Å². The average Bonchev–Trinajstić information content (AvgIpc) is 2.26. The van der Waals surface area contributed by atoms with Crippen LogP contribution in [0.2, 0.25) is 0 Å². The molecule has 1 aliphatic carbocycles. The molecular weight excluding hydrogens is 250 g/mol. The molecule has 1 nitrogen and oxygen atoms in total. The van der Waals surface area contributed by atoms with E-state index in [1.54, 1.807) is 0 Å². The lowest BCUT2D eigenvalue weighted by Gasteiger charge is -2.25. The number of hydrogen-bond acceptors (Lipinski definition) is 1. The standard InChI is InChI=1S/C13H18BrN/c1-10-12(14)8-5-9-13(10)15-11-6-3-2-4-7-11/h5,8-9,11,15H,2-4,6-7H2,1H3. The lowest BCUT2D eigenvalue weighted by molar-refractivity contribution is 0.462. The molecule has 0 spiro atoms. The Kier molecular flexibility index (Phi) is 3.68. The van der Waals surface area contributed by atoms with Gasteiger partial charge in [-0.15, -0.1) is 0 Å². The molecule has 0 unspecified atom stereocenters. The molecule has 0 aliphatic heterocycles. The number of anilines is 1. The normalized spacial score (nSPS) is 17.7. The maximum Gasteiger partial charge on any atom is 0.0383 e. The number of hydrogen-bond donors (Lipinski definition) is 1. The number of nitrogens with one attached hydrogen (secondary N) is 1. The molecule has 1 saturated carbocycles. The smallest absolute Gasteiger partial charge is 0.0383 e. The highest BCUT2D eigenvalue weighted by Crippen LogP contribution is 2.27. The van der Waals surface area contributed by atoms with Crippen LogP contribution in [0.25, 0.3) is 0 Å². The first-order valence-corrected chi connectivity index (χ1v) is 6.58. The summed E-state index contributed by atoms with van der Waals surface area (Å²) in [6.07, 6.45) is 6.82. The summed E-state index contributed by atoms with van der Waals surface area (Å²) in [5.74, 6) is 0. The van der Waals surface area contributed by atoms with Crippen LogP contribution in [0, 0.1) is 6.92 Å². The van der Waals surface area contributed by atoms with Gasteiger partial charge >= 0.3 is 0 Å². The van der Waals surface area contributed by atoms with Gasteiger partial charge in [0.15, 0.2) is 0 Å². The summed E-state index contributed by atoms with van der Waals surface area (Å²) in [6.45, 7) is 2.16. The number of benzene rings is 1. The molecule has 1 aromatic rings. The van der Waals surface area contributed by atoms with Crippen LogP contribution < -0.4 is 5.32 Å². The Hall–Kier alpha value is -0.500. The van der Waals surface area contributed by atoms with Crippen molar-refractivity contribution < 1.29 is 0 Å². The summed E-state index contributed by atoms with van der Waals surface area (Å²) in [4.78, 5) is 0. The van der Waals surface area contributed by atoms with Gasteiger partial charge in [-0.25, -0.2) is 0 Å². The Morgan fingerprint density at radius 3 is 2.67 bits per heavy atom. The third-order valence-electron chi connectivity index (χ3n) is 3.23. The van der Waals surface area contributed by atoms with E-state index in [4.69, 9.17) is 0 Å². The molecule has 0 saturated heterocycles. The second-order valence-corrected chi connectivity index (χ2v) is 5.25. The maximum absolute atomic E-state index is 3.66. The fourth-order valence-corrected chi connectivity index (χ4v) is 2.60. The molecule has 15 heavy (non-hydrogen) atoms. The largest absolute Gasteiger partial charge is 0.382 e. The Morgan fingerprint density at radius 1 is 1.20 bits per heavy atom. The molecular formula is C13H18BrN. The third-order valence-corrected chi connectivity index (χ3v) is 4.09. The number of halogens is 1. The lowest BCUT2D eigenvalue weighted by Crippen LogP contribution is -2.22. The van der Waals surface area contributed by atoms with Crippen LogP contribution in [0.3, 0.4) is 0 Å². The Bertz CT molecular complexity index is 329. The first kappa shape index (κ1) is 11.0. The zero-order chi connectivity index (χ0) is 10.7. The van der Waals surface area contributed by atoms with Gasteiger partial charge in [-0.1, -0.05) is 41.3 Å². The molecule has 1 N–H and O–H groups in total. The highest BCUT2D eigenvalue weighted by molar-refractivity contribution is 9.10. The third kappa shape index (κ3) is 2.75. The molecule has 1 fully saturated rings. The van der Waals surface area contributed by atoms with E-state index in [0.29, 0.717) is 6.04 Å². The molecule has 0 radical (unpaired) electrons. The van der Waals surface area contributed by atoms with E-state index in [0.717, 1.165) is 0 Å². The summed E-state index contributed by atoms with van der Waals surface area (Å²) >= 11 is 3.57. The SMILES string of the molecule is Cc1c(Br)cccc1NC1CCCCC1. The predicted octanol–water partition coefficient (Wildman–Crippen LogP) is 4.50. The van der Waals surface area contributed by atoms with Gasteiger partial charge in [-0.3, -0.25) is 0 Å². The average molecular weight is 268 g/mol. The Balaban J connectivity index is 2.06. The van der Waals surface area contributed by atoms with Crippen molar-refractivity contribution >= 4 is 21.6 Å². The van der Waals surface area contributed by atoms with Gasteiger partial charge < -0.3 is 5.32 Å². The predicted molar refractivity (Wildman–Crippen MR) is 69.4 cm³/mol. The quantitative estimate of drug-likeness (QED) is 0.832. The molecule has 0 atom stereocenters. The van der Waals surface area contributed by atoms with Crippen molar-refractivity contribution in [2.24, 2.45) is 0 Å². The van der Waals surface area contributed by atoms with Gasteiger partial charge in [0.25, 0.3) is 0 Å². The van der Waals surface area contributed by atoms with Crippen LogP contribution in [-0.2, 0) is 0 Å². The minimum atomic E-state index is 0.687. The first-order chi connectivity index (χ1) is 7.27. The summed E-state index contributed by atoms with van der Waals surface area (Å²) in [5.41, 5.74) is 2.61. The van der Waals surface area contributed by atoms with Gasteiger partial charge in [-0.05, 0) is 37.5 Å². The molecule has 2 rings (SSSR count). The summed E-state index contributed by atoms with van der Waals surface area (Å²) in [7, 11) is 0. The van der Waals surface area contributed by atoms with Gasteiger partial charge in [0, 0.05) is 16.2 Å². The van der Waals surface area contributed by atoms with Crippen molar-refractivity contribution in [1.82, 2.24) is 0 Å². The molecule has 82 valence electrons. The zero-order valence-corrected chi connectivity index (χ0v) is 10.8. The van der Waals surface area contributed by atoms with Crippen molar-refractivity contribution in [1.29, 1.82) is 0 Å². The second-order valence-electron chi connectivity index (χ2n) is 4.39. The highest BCUT2D eigenvalue weighted by atomic mass is 79.9. The van der Waals surface area contributed by atoms with Crippen LogP contribution in [0.4, 0.5) is 5.69 Å². The van der Waals surface area contributed by atoms with E-state index >= 15 is 0 Å². The van der Waals surface area contributed by atoms with Crippen LogP contribution >= 0.6 is 15.9 Å². The van der Waals surface area contributed by atoms with Crippen LogP contribution in [0.15, 0.2) is 22.7 Å². The Labute approximate surface area is 100 Å². The highest BCUT2D eigenvalue weighted by Gasteiger charge is 2.13. The molecule has 1 aromatic carbocycles. The second kappa shape index (κ2) is 5.02. The lowest BCUT2D eigenvalue weighted by atomic mass is 9.95. The molecule has 0 heterocycles. The topological polar surface area (TPSA) is 12.0 Å². The van der Waals surface area contributed by atoms with E-state index in [1.807, 2.05) is 0 Å². The minimum Gasteiger partial charge on any atom is -0.382 e. The number of rotatable bonds is 2. The van der Waals surface area contributed by atoms with Crippen molar-refractivity contribution in [3.8, 4) is 0 Å². The van der Waals surface area contributed by atoms with Gasteiger partial charge in [0.2, 0.25) is 0 Å². The minimum absolute atomic E-state index is 0.687.